The molecule has 0 bridgehead atoms. The molecule has 1 fully saturated rings. The normalized spacial score (nSPS) is 20.8. The van der Waals surface area contributed by atoms with Gasteiger partial charge in [0.1, 0.15) is 0 Å². The Morgan fingerprint density at radius 1 is 1.32 bits per heavy atom. The summed E-state index contributed by atoms with van der Waals surface area (Å²) in [5, 5.41) is 10.3. The lowest BCUT2D eigenvalue weighted by Crippen LogP contribution is -2.36. The molecule has 1 aromatic carbocycles. The third-order valence-electron chi connectivity index (χ3n) is 4.50. The predicted molar refractivity (Wildman–Crippen MR) is 102 cm³/mol. The van der Waals surface area contributed by atoms with E-state index in [1.165, 1.54) is 5.56 Å². The van der Waals surface area contributed by atoms with Crippen molar-refractivity contribution in [1.82, 2.24) is 14.8 Å². The number of hydrogen-bond donors (Lipinski definition) is 3. The Labute approximate surface area is 149 Å². The van der Waals surface area contributed by atoms with Crippen LogP contribution in [0, 0.1) is 0 Å². The molecule has 2 unspecified atom stereocenters. The van der Waals surface area contributed by atoms with E-state index in [1.807, 2.05) is 47.8 Å². The van der Waals surface area contributed by atoms with Gasteiger partial charge in [0.05, 0.1) is 35.8 Å². The van der Waals surface area contributed by atoms with E-state index in [0.29, 0.717) is 16.7 Å². The first-order chi connectivity index (χ1) is 12.2. The Balaban J connectivity index is 1.34. The number of rotatable bonds is 5. The summed E-state index contributed by atoms with van der Waals surface area (Å²) in [6, 6.07) is 8.39. The van der Waals surface area contributed by atoms with Gasteiger partial charge in [0.2, 0.25) is 0 Å². The molecule has 3 heterocycles. The highest BCUT2D eigenvalue weighted by Gasteiger charge is 2.23. The van der Waals surface area contributed by atoms with Gasteiger partial charge in [-0.25, -0.2) is 0 Å². The highest BCUT2D eigenvalue weighted by atomic mass is 32.2. The number of H-pyrrole nitrogens is 2. The van der Waals surface area contributed by atoms with Gasteiger partial charge >= 0.3 is 0 Å². The number of aromatic nitrogens is 3. The fourth-order valence-electron chi connectivity index (χ4n) is 3.22. The van der Waals surface area contributed by atoms with Crippen LogP contribution in [0.2, 0.25) is 0 Å². The van der Waals surface area contributed by atoms with Gasteiger partial charge in [0.25, 0.3) is 5.56 Å². The van der Waals surface area contributed by atoms with Crippen LogP contribution in [0.3, 0.4) is 0 Å². The molecule has 0 spiro atoms. The second-order valence-corrected chi connectivity index (χ2v) is 7.86. The molecule has 0 amide bonds. The average Bonchev–Trinajstić information content (AvgIpc) is 3.19. The van der Waals surface area contributed by atoms with Gasteiger partial charge in [0, 0.05) is 30.4 Å². The molecule has 0 radical (unpaired) electrons. The fourth-order valence-corrected chi connectivity index (χ4v) is 4.39. The van der Waals surface area contributed by atoms with Crippen molar-refractivity contribution in [2.45, 2.75) is 23.5 Å². The molecule has 3 aromatic rings. The number of ether oxygens (including phenoxy) is 1. The first-order valence-electron chi connectivity index (χ1n) is 8.44. The van der Waals surface area contributed by atoms with Gasteiger partial charge in [-0.3, -0.25) is 15.0 Å². The summed E-state index contributed by atoms with van der Waals surface area (Å²) in [6.07, 6.45) is 5.21. The van der Waals surface area contributed by atoms with Crippen LogP contribution in [-0.2, 0) is 17.5 Å². The molecule has 7 heteroatoms. The molecule has 4 rings (SSSR count). The molecule has 132 valence electrons. The van der Waals surface area contributed by atoms with Crippen molar-refractivity contribution in [2.24, 2.45) is 7.05 Å². The average molecular weight is 358 g/mol. The molecular formula is C18H22N4O2S. The van der Waals surface area contributed by atoms with Crippen LogP contribution >= 0.6 is 11.8 Å². The summed E-state index contributed by atoms with van der Waals surface area (Å²) in [5.41, 5.74) is 3.16. The van der Waals surface area contributed by atoms with E-state index < -0.39 is 0 Å². The summed E-state index contributed by atoms with van der Waals surface area (Å²) in [7, 11) is 2.02. The van der Waals surface area contributed by atoms with Crippen LogP contribution in [0.25, 0.3) is 10.9 Å². The molecule has 2 aromatic heterocycles. The van der Waals surface area contributed by atoms with Crippen LogP contribution in [0.15, 0.2) is 41.5 Å². The van der Waals surface area contributed by atoms with Crippen molar-refractivity contribution < 1.29 is 4.74 Å². The van der Waals surface area contributed by atoms with Gasteiger partial charge < -0.3 is 14.6 Å². The van der Waals surface area contributed by atoms with Crippen molar-refractivity contribution in [3.05, 3.63) is 52.6 Å². The second-order valence-electron chi connectivity index (χ2n) is 6.57. The standard InChI is InChI=1S/C18H22N4O2S/c1-22-5-4-13(8-22)19-14-7-15(10-24-9-14)25-11-12-2-3-16-17(6-12)20-21-18(16)23/h2-6,8,14-15,19H,7,9-11H2,1H3,(H2,20,21,23). The Bertz CT molecular complexity index is 913. The van der Waals surface area contributed by atoms with Crippen LogP contribution in [0.1, 0.15) is 12.0 Å². The lowest BCUT2D eigenvalue weighted by molar-refractivity contribution is 0.0922. The van der Waals surface area contributed by atoms with Crippen molar-refractivity contribution in [1.29, 1.82) is 0 Å². The van der Waals surface area contributed by atoms with Crippen molar-refractivity contribution >= 4 is 28.4 Å². The third kappa shape index (κ3) is 3.77. The van der Waals surface area contributed by atoms with E-state index in [1.54, 1.807) is 0 Å². The zero-order valence-electron chi connectivity index (χ0n) is 14.1. The number of nitrogens with one attached hydrogen (secondary N) is 3. The quantitative estimate of drug-likeness (QED) is 0.656. The summed E-state index contributed by atoms with van der Waals surface area (Å²) in [6.45, 7) is 1.55. The number of benzene rings is 1. The van der Waals surface area contributed by atoms with Gasteiger partial charge in [-0.15, -0.1) is 0 Å². The van der Waals surface area contributed by atoms with Gasteiger partial charge in [-0.2, -0.15) is 11.8 Å². The number of fused-ring (bicyclic) bond motifs is 1. The maximum absolute atomic E-state index is 11.6. The van der Waals surface area contributed by atoms with Crippen LogP contribution in [-0.4, -0.2) is 39.3 Å². The van der Waals surface area contributed by atoms with Crippen molar-refractivity contribution in [3.63, 3.8) is 0 Å². The number of anilines is 1. The van der Waals surface area contributed by atoms with Gasteiger partial charge in [0.15, 0.2) is 0 Å². The Hall–Kier alpha value is -2.12. The molecule has 1 aliphatic rings. The monoisotopic (exact) mass is 358 g/mol. The summed E-state index contributed by atoms with van der Waals surface area (Å²) < 4.78 is 7.83. The molecule has 0 aliphatic carbocycles. The highest BCUT2D eigenvalue weighted by Crippen LogP contribution is 2.27. The molecule has 1 saturated heterocycles. The number of aromatic amines is 2. The van der Waals surface area contributed by atoms with Crippen molar-refractivity contribution in [2.75, 3.05) is 18.5 Å². The predicted octanol–water partition coefficient (Wildman–Crippen LogP) is 2.70. The first-order valence-corrected chi connectivity index (χ1v) is 9.49. The lowest BCUT2D eigenvalue weighted by Gasteiger charge is -2.30. The topological polar surface area (TPSA) is 74.8 Å². The minimum Gasteiger partial charge on any atom is -0.379 e. The smallest absolute Gasteiger partial charge is 0.271 e. The van der Waals surface area contributed by atoms with Gasteiger partial charge in [-0.1, -0.05) is 6.07 Å². The zero-order chi connectivity index (χ0) is 17.2. The Morgan fingerprint density at radius 3 is 3.08 bits per heavy atom. The zero-order valence-corrected chi connectivity index (χ0v) is 14.9. The number of thioether (sulfide) groups is 1. The lowest BCUT2D eigenvalue weighted by atomic mass is 10.1. The fraction of sp³-hybridized carbons (Fsp3) is 0.389. The Morgan fingerprint density at radius 2 is 2.24 bits per heavy atom. The molecule has 6 nitrogen and oxygen atoms in total. The number of nitrogens with zero attached hydrogens (tertiary/aromatic N) is 1. The first kappa shape index (κ1) is 16.4. The Kier molecular flexibility index (Phi) is 4.59. The maximum atomic E-state index is 11.6. The van der Waals surface area contributed by atoms with E-state index in [4.69, 9.17) is 4.74 Å². The third-order valence-corrected chi connectivity index (χ3v) is 5.80. The molecule has 1 aliphatic heterocycles. The molecule has 0 saturated carbocycles. The molecule has 3 N–H and O–H groups in total. The van der Waals surface area contributed by atoms with Crippen LogP contribution in [0.4, 0.5) is 5.69 Å². The largest absolute Gasteiger partial charge is 0.379 e. The van der Waals surface area contributed by atoms with Crippen LogP contribution in [0.5, 0.6) is 0 Å². The summed E-state index contributed by atoms with van der Waals surface area (Å²) >= 11 is 1.91. The van der Waals surface area contributed by atoms with E-state index in [0.717, 1.165) is 36.6 Å². The minimum absolute atomic E-state index is 0.0651. The molecule has 25 heavy (non-hydrogen) atoms. The van der Waals surface area contributed by atoms with E-state index in [2.05, 4.69) is 27.8 Å². The molecule has 2 atom stereocenters. The maximum Gasteiger partial charge on any atom is 0.271 e. The van der Waals surface area contributed by atoms with E-state index >= 15 is 0 Å². The summed E-state index contributed by atoms with van der Waals surface area (Å²) in [4.78, 5) is 11.6. The van der Waals surface area contributed by atoms with Crippen molar-refractivity contribution in [3.8, 4) is 0 Å². The van der Waals surface area contributed by atoms with Gasteiger partial charge in [-0.05, 0) is 30.2 Å². The van der Waals surface area contributed by atoms with E-state index in [-0.39, 0.29) is 5.56 Å². The number of hydrogen-bond acceptors (Lipinski definition) is 4. The van der Waals surface area contributed by atoms with E-state index in [9.17, 15) is 4.79 Å². The number of aryl methyl sites for hydroxylation is 1. The minimum atomic E-state index is -0.0651. The van der Waals surface area contributed by atoms with Crippen LogP contribution < -0.4 is 10.9 Å². The SMILES string of the molecule is Cn1ccc(NC2COCC(SCc3ccc4c(=O)[nH][nH]c4c3)C2)c1. The highest BCUT2D eigenvalue weighted by molar-refractivity contribution is 7.99. The molecular weight excluding hydrogens is 336 g/mol. The summed E-state index contributed by atoms with van der Waals surface area (Å²) in [5.74, 6) is 0.912. The second kappa shape index (κ2) is 7.01.